The first-order valence-corrected chi connectivity index (χ1v) is 16.5. The summed E-state index contributed by atoms with van der Waals surface area (Å²) in [4.78, 5) is 28.4. The van der Waals surface area contributed by atoms with Crippen LogP contribution >= 0.6 is 0 Å². The summed E-state index contributed by atoms with van der Waals surface area (Å²) < 4.78 is 17.0. The first-order valence-electron chi connectivity index (χ1n) is 16.5. The maximum atomic E-state index is 14.2. The summed E-state index contributed by atoms with van der Waals surface area (Å²) in [6.07, 6.45) is 0. The highest BCUT2D eigenvalue weighted by atomic mass is 16.3. The second-order valence-electron chi connectivity index (χ2n) is 12.8. The van der Waals surface area contributed by atoms with E-state index in [9.17, 15) is 9.59 Å². The first-order chi connectivity index (χ1) is 24.6. The normalized spacial score (nSPS) is 12.2. The number of rotatable bonds is 2. The van der Waals surface area contributed by atoms with Crippen molar-refractivity contribution in [1.82, 2.24) is 9.13 Å². The maximum Gasteiger partial charge on any atom is 0.200 e. The molecule has 11 rings (SSSR count). The van der Waals surface area contributed by atoms with Crippen molar-refractivity contribution in [2.24, 2.45) is 0 Å². The molecule has 0 radical (unpaired) electrons. The third kappa shape index (κ3) is 3.62. The quantitative estimate of drug-likeness (QED) is 0.176. The van der Waals surface area contributed by atoms with Gasteiger partial charge in [0.15, 0.2) is 0 Å². The highest BCUT2D eigenvalue weighted by Gasteiger charge is 2.18. The van der Waals surface area contributed by atoms with E-state index < -0.39 is 0 Å². The van der Waals surface area contributed by atoms with Gasteiger partial charge in [-0.15, -0.1) is 0 Å². The molecule has 0 bridgehead atoms. The fourth-order valence-corrected chi connectivity index (χ4v) is 7.86. The van der Waals surface area contributed by atoms with E-state index in [1.54, 1.807) is 12.1 Å². The Bertz CT molecular complexity index is 3050. The average molecular weight is 645 g/mol. The molecule has 0 fully saturated rings. The molecule has 4 heterocycles. The summed E-state index contributed by atoms with van der Waals surface area (Å²) in [5, 5.41) is 6.09. The molecule has 0 spiro atoms. The highest BCUT2D eigenvalue weighted by molar-refractivity contribution is 6.11. The molecular weight excluding hydrogens is 620 g/mol. The van der Waals surface area contributed by atoms with Gasteiger partial charge in [-0.05, 0) is 66.7 Å². The van der Waals surface area contributed by atoms with Gasteiger partial charge in [0.1, 0.15) is 22.3 Å². The van der Waals surface area contributed by atoms with Crippen LogP contribution in [-0.2, 0) is 0 Å². The third-order valence-corrected chi connectivity index (χ3v) is 10.1. The van der Waals surface area contributed by atoms with Gasteiger partial charge in [-0.25, -0.2) is 0 Å². The van der Waals surface area contributed by atoms with Gasteiger partial charge in [0.25, 0.3) is 0 Å². The zero-order chi connectivity index (χ0) is 33.1. The number of nitrogens with zero attached hydrogens (tertiary/aromatic N) is 2. The largest absolute Gasteiger partial charge is 0.456 e. The number of hydrogen-bond acceptors (Lipinski definition) is 4. The molecule has 0 amide bonds. The molecule has 50 heavy (non-hydrogen) atoms. The average Bonchev–Trinajstić information content (AvgIpc) is 3.68. The van der Waals surface area contributed by atoms with Gasteiger partial charge in [-0.1, -0.05) is 72.8 Å². The standard InChI is InChI=1S/C44H24N2O4/c47-43-31-21-25(45-35-13-5-1-9-27(35)28-10-2-6-14-36(28)45)17-19-39(31)49-41-24-42-34(23-33(41)43)44(48)32-22-26(18-20-40(32)50-42)46-37-15-7-3-11-29(37)30-12-4-8-16-38(30)46/h1-24H. The van der Waals surface area contributed by atoms with E-state index in [1.807, 2.05) is 84.9 Å². The van der Waals surface area contributed by atoms with Crippen LogP contribution in [0.4, 0.5) is 0 Å². The first kappa shape index (κ1) is 27.1. The Balaban J connectivity index is 1.13. The van der Waals surface area contributed by atoms with Crippen molar-refractivity contribution in [3.63, 3.8) is 0 Å². The minimum atomic E-state index is -0.204. The summed E-state index contributed by atoms with van der Waals surface area (Å²) in [5.41, 5.74) is 7.15. The van der Waals surface area contributed by atoms with Crippen LogP contribution in [-0.4, -0.2) is 9.13 Å². The van der Waals surface area contributed by atoms with Crippen LogP contribution in [0.25, 0.3) is 98.9 Å². The molecule has 0 saturated carbocycles. The van der Waals surface area contributed by atoms with Crippen LogP contribution in [0.1, 0.15) is 0 Å². The molecule has 11 aromatic rings. The van der Waals surface area contributed by atoms with Crippen molar-refractivity contribution in [3.05, 3.63) is 166 Å². The topological polar surface area (TPSA) is 70.3 Å². The minimum Gasteiger partial charge on any atom is -0.456 e. The Morgan fingerprint density at radius 2 is 0.660 bits per heavy atom. The molecule has 0 aliphatic heterocycles. The predicted octanol–water partition coefficient (Wildman–Crippen LogP) is 10.4. The summed E-state index contributed by atoms with van der Waals surface area (Å²) in [6, 6.07) is 47.7. The Morgan fingerprint density at radius 3 is 1.04 bits per heavy atom. The van der Waals surface area contributed by atoms with Gasteiger partial charge in [-0.2, -0.15) is 0 Å². The van der Waals surface area contributed by atoms with Gasteiger partial charge in [-0.3, -0.25) is 9.59 Å². The summed E-state index contributed by atoms with van der Waals surface area (Å²) in [5.74, 6) is 0. The van der Waals surface area contributed by atoms with Crippen molar-refractivity contribution in [1.29, 1.82) is 0 Å². The Hall–Kier alpha value is -6.92. The predicted molar refractivity (Wildman–Crippen MR) is 202 cm³/mol. The van der Waals surface area contributed by atoms with E-state index in [2.05, 4.69) is 57.7 Å². The van der Waals surface area contributed by atoms with Crippen molar-refractivity contribution in [3.8, 4) is 11.4 Å². The van der Waals surface area contributed by atoms with Crippen LogP contribution < -0.4 is 10.9 Å². The van der Waals surface area contributed by atoms with Crippen LogP contribution in [0.5, 0.6) is 0 Å². The molecule has 6 nitrogen and oxygen atoms in total. The summed E-state index contributed by atoms with van der Waals surface area (Å²) >= 11 is 0. The molecule has 0 aliphatic carbocycles. The lowest BCUT2D eigenvalue weighted by atomic mass is 10.1. The molecular formula is C44H24N2O4. The summed E-state index contributed by atoms with van der Waals surface area (Å²) in [6.45, 7) is 0. The van der Waals surface area contributed by atoms with Crippen molar-refractivity contribution < 1.29 is 8.83 Å². The van der Waals surface area contributed by atoms with Crippen molar-refractivity contribution in [2.45, 2.75) is 0 Å². The smallest absolute Gasteiger partial charge is 0.200 e. The van der Waals surface area contributed by atoms with Crippen LogP contribution in [0.2, 0.25) is 0 Å². The maximum absolute atomic E-state index is 14.2. The van der Waals surface area contributed by atoms with E-state index in [4.69, 9.17) is 8.83 Å². The van der Waals surface area contributed by atoms with E-state index in [1.165, 1.54) is 0 Å². The molecule has 4 aromatic heterocycles. The number of para-hydroxylation sites is 4. The number of benzene rings is 7. The van der Waals surface area contributed by atoms with Gasteiger partial charge >= 0.3 is 0 Å². The Morgan fingerprint density at radius 1 is 0.320 bits per heavy atom. The van der Waals surface area contributed by atoms with E-state index in [0.717, 1.165) is 55.0 Å². The molecule has 0 aliphatic rings. The lowest BCUT2D eigenvalue weighted by Crippen LogP contribution is -2.07. The van der Waals surface area contributed by atoms with Crippen LogP contribution in [0.15, 0.2) is 164 Å². The fraction of sp³-hybridized carbons (Fsp3) is 0. The number of aromatic nitrogens is 2. The van der Waals surface area contributed by atoms with Crippen LogP contribution in [0, 0.1) is 0 Å². The zero-order valence-corrected chi connectivity index (χ0v) is 26.4. The van der Waals surface area contributed by atoms with Gasteiger partial charge in [0, 0.05) is 39.0 Å². The van der Waals surface area contributed by atoms with E-state index in [-0.39, 0.29) is 10.9 Å². The molecule has 0 unspecified atom stereocenters. The molecule has 7 aromatic carbocycles. The number of fused-ring (bicyclic) bond motifs is 10. The third-order valence-electron chi connectivity index (χ3n) is 10.1. The fourth-order valence-electron chi connectivity index (χ4n) is 7.86. The molecule has 0 N–H and O–H groups in total. The second-order valence-corrected chi connectivity index (χ2v) is 12.8. The second kappa shape index (κ2) is 9.81. The van der Waals surface area contributed by atoms with Gasteiger partial charge in [0.05, 0.1) is 43.6 Å². The molecule has 6 heteroatoms. The van der Waals surface area contributed by atoms with Gasteiger partial charge in [0.2, 0.25) is 10.9 Å². The van der Waals surface area contributed by atoms with Crippen molar-refractivity contribution in [2.75, 3.05) is 0 Å². The highest BCUT2D eigenvalue weighted by Crippen LogP contribution is 2.35. The minimum absolute atomic E-state index is 0.204. The Kier molecular flexibility index (Phi) is 5.31. The van der Waals surface area contributed by atoms with Crippen LogP contribution in [0.3, 0.4) is 0 Å². The van der Waals surface area contributed by atoms with E-state index >= 15 is 0 Å². The number of hydrogen-bond donors (Lipinski definition) is 0. The van der Waals surface area contributed by atoms with E-state index in [0.29, 0.717) is 43.9 Å². The zero-order valence-electron chi connectivity index (χ0n) is 26.4. The molecule has 0 saturated heterocycles. The van der Waals surface area contributed by atoms with Gasteiger partial charge < -0.3 is 18.0 Å². The monoisotopic (exact) mass is 644 g/mol. The Labute approximate surface area is 282 Å². The van der Waals surface area contributed by atoms with Crippen molar-refractivity contribution >= 4 is 87.5 Å². The summed E-state index contributed by atoms with van der Waals surface area (Å²) in [7, 11) is 0. The SMILES string of the molecule is O=c1c2cc(-n3c4ccccc4c4ccccc43)ccc2oc2cc3oc4ccc(-n5c6ccccc6c6ccccc65)cc4c(=O)c3cc12. The molecule has 234 valence electrons. The lowest BCUT2D eigenvalue weighted by molar-refractivity contribution is 0.646. The molecule has 0 atom stereocenters. The lowest BCUT2D eigenvalue weighted by Gasteiger charge is -2.10.